The highest BCUT2D eigenvalue weighted by Gasteiger charge is 2.53. The number of carbonyl (C=O) groups excluding carboxylic acids is 2. The number of amides is 2. The van der Waals surface area contributed by atoms with Crippen LogP contribution in [0.5, 0.6) is 0 Å². The van der Waals surface area contributed by atoms with Crippen molar-refractivity contribution in [1.82, 2.24) is 25.0 Å². The minimum absolute atomic E-state index is 0.0457. The van der Waals surface area contributed by atoms with Crippen LogP contribution in [0.4, 0.5) is 0 Å². The minimum Gasteiger partial charge on any atom is -0.393 e. The Morgan fingerprint density at radius 2 is 1.86 bits per heavy atom. The van der Waals surface area contributed by atoms with Crippen LogP contribution < -0.4 is 5.69 Å². The molecule has 1 saturated carbocycles. The van der Waals surface area contributed by atoms with E-state index < -0.39 is 5.54 Å². The summed E-state index contributed by atoms with van der Waals surface area (Å²) in [5.41, 5.74) is -1.08. The molecule has 3 heterocycles. The molecule has 2 amide bonds. The molecule has 1 aromatic heterocycles. The van der Waals surface area contributed by atoms with E-state index in [9.17, 15) is 19.5 Å². The van der Waals surface area contributed by atoms with Crippen LogP contribution in [0.1, 0.15) is 63.6 Å². The van der Waals surface area contributed by atoms with Crippen LogP contribution in [0.15, 0.2) is 4.79 Å². The van der Waals surface area contributed by atoms with E-state index in [1.54, 1.807) is 4.90 Å². The van der Waals surface area contributed by atoms with Crippen molar-refractivity contribution in [2.45, 2.75) is 81.9 Å². The molecule has 2 aliphatic heterocycles. The van der Waals surface area contributed by atoms with Gasteiger partial charge in [-0.2, -0.15) is 5.10 Å². The van der Waals surface area contributed by atoms with Gasteiger partial charge in [-0.15, -0.1) is 0 Å². The Hall–Kier alpha value is -2.16. The molecule has 4 rings (SSSR count). The summed E-state index contributed by atoms with van der Waals surface area (Å²) in [4.78, 5) is 44.0. The van der Waals surface area contributed by atoms with E-state index in [1.807, 2.05) is 4.90 Å². The third-order valence-corrected chi connectivity index (χ3v) is 6.67. The van der Waals surface area contributed by atoms with Gasteiger partial charge in [0.1, 0.15) is 11.4 Å². The number of piperidine rings is 1. The van der Waals surface area contributed by atoms with E-state index in [2.05, 4.69) is 15.2 Å². The second-order valence-electron chi connectivity index (χ2n) is 8.37. The fourth-order valence-corrected chi connectivity index (χ4v) is 5.24. The Morgan fingerprint density at radius 3 is 2.54 bits per heavy atom. The molecule has 154 valence electrons. The standard InChI is InChI=1S/C19H29N5O4/c25-14-5-3-13(4-6-14)23-11-1-9-19(17(23)27)10-2-12-24(19)16(26)8-7-15-20-18(28)22-21-15/h13-14,25H,1-12H2,(H2,20,21,22,28). The number of nitrogens with zero attached hydrogens (tertiary/aromatic N) is 3. The quantitative estimate of drug-likeness (QED) is 0.682. The maximum absolute atomic E-state index is 13.5. The van der Waals surface area contributed by atoms with Crippen molar-refractivity contribution in [2.75, 3.05) is 13.1 Å². The first kappa shape index (κ1) is 19.2. The maximum Gasteiger partial charge on any atom is 0.340 e. The number of rotatable bonds is 4. The lowest BCUT2D eigenvalue weighted by atomic mass is 9.82. The zero-order valence-corrected chi connectivity index (χ0v) is 16.2. The van der Waals surface area contributed by atoms with E-state index in [0.29, 0.717) is 18.8 Å². The van der Waals surface area contributed by atoms with Gasteiger partial charge in [0.25, 0.3) is 0 Å². The SMILES string of the molecule is O=C(CCc1n[nH]c(=O)[nH]1)N1CCCC12CCCN(C1CCC(O)CC1)C2=O. The number of likely N-dealkylation sites (tertiary alicyclic amines) is 2. The molecule has 1 unspecified atom stereocenters. The number of aromatic amines is 2. The lowest BCUT2D eigenvalue weighted by Crippen LogP contribution is -2.63. The number of nitrogens with one attached hydrogen (secondary N) is 2. The van der Waals surface area contributed by atoms with Crippen LogP contribution in [0.3, 0.4) is 0 Å². The number of aliphatic hydroxyl groups excluding tert-OH is 1. The van der Waals surface area contributed by atoms with Crippen LogP contribution in [0.25, 0.3) is 0 Å². The van der Waals surface area contributed by atoms with Gasteiger partial charge < -0.3 is 14.9 Å². The first-order valence-corrected chi connectivity index (χ1v) is 10.4. The van der Waals surface area contributed by atoms with Gasteiger partial charge in [0.05, 0.1) is 6.10 Å². The third-order valence-electron chi connectivity index (χ3n) is 6.67. The summed E-state index contributed by atoms with van der Waals surface area (Å²) in [6, 6.07) is 0.180. The second-order valence-corrected chi connectivity index (χ2v) is 8.37. The molecule has 0 aromatic carbocycles. The van der Waals surface area contributed by atoms with Gasteiger partial charge >= 0.3 is 5.69 Å². The van der Waals surface area contributed by atoms with Crippen molar-refractivity contribution < 1.29 is 14.7 Å². The molecule has 9 nitrogen and oxygen atoms in total. The normalized spacial score (nSPS) is 31.0. The molecular weight excluding hydrogens is 362 g/mol. The summed E-state index contributed by atoms with van der Waals surface area (Å²) in [5.74, 6) is 0.513. The predicted octanol–water partition coefficient (Wildman–Crippen LogP) is 0.318. The molecule has 0 radical (unpaired) electrons. The van der Waals surface area contributed by atoms with Crippen LogP contribution in [0.2, 0.25) is 0 Å². The highest BCUT2D eigenvalue weighted by Crippen LogP contribution is 2.40. The average molecular weight is 391 g/mol. The van der Waals surface area contributed by atoms with E-state index in [0.717, 1.165) is 57.9 Å². The molecule has 1 spiro atoms. The van der Waals surface area contributed by atoms with Crippen LogP contribution >= 0.6 is 0 Å². The largest absolute Gasteiger partial charge is 0.393 e. The van der Waals surface area contributed by atoms with Gasteiger partial charge in [-0.3, -0.25) is 14.6 Å². The van der Waals surface area contributed by atoms with Gasteiger partial charge in [0, 0.05) is 32.0 Å². The Kier molecular flexibility index (Phi) is 5.27. The molecule has 28 heavy (non-hydrogen) atoms. The minimum atomic E-state index is -0.704. The van der Waals surface area contributed by atoms with Crippen molar-refractivity contribution in [3.05, 3.63) is 16.3 Å². The molecule has 3 N–H and O–H groups in total. The number of hydrogen-bond donors (Lipinski definition) is 3. The van der Waals surface area contributed by atoms with Gasteiger partial charge in [0.2, 0.25) is 11.8 Å². The Balaban J connectivity index is 1.46. The summed E-state index contributed by atoms with van der Waals surface area (Å²) in [6.45, 7) is 1.36. The summed E-state index contributed by atoms with van der Waals surface area (Å²) in [7, 11) is 0. The molecule has 3 aliphatic rings. The van der Waals surface area contributed by atoms with Crippen molar-refractivity contribution in [1.29, 1.82) is 0 Å². The number of aromatic nitrogens is 3. The number of hydrogen-bond acceptors (Lipinski definition) is 5. The molecule has 3 fully saturated rings. The molecule has 0 bridgehead atoms. The first-order valence-electron chi connectivity index (χ1n) is 10.4. The van der Waals surface area contributed by atoms with Gasteiger partial charge in [-0.1, -0.05) is 0 Å². The van der Waals surface area contributed by atoms with Gasteiger partial charge in [0.15, 0.2) is 0 Å². The number of aryl methyl sites for hydroxylation is 1. The van der Waals surface area contributed by atoms with Crippen molar-refractivity contribution in [3.63, 3.8) is 0 Å². The smallest absolute Gasteiger partial charge is 0.340 e. The topological polar surface area (TPSA) is 122 Å². The van der Waals surface area contributed by atoms with E-state index in [4.69, 9.17) is 0 Å². The Labute approximate surface area is 163 Å². The summed E-state index contributed by atoms with van der Waals surface area (Å²) in [5, 5.41) is 15.9. The number of carbonyl (C=O) groups is 2. The molecule has 2 saturated heterocycles. The predicted molar refractivity (Wildman–Crippen MR) is 100 cm³/mol. The van der Waals surface area contributed by atoms with E-state index >= 15 is 0 Å². The fourth-order valence-electron chi connectivity index (χ4n) is 5.24. The Bertz CT molecular complexity index is 781. The number of H-pyrrole nitrogens is 2. The lowest BCUT2D eigenvalue weighted by molar-refractivity contribution is -0.158. The fraction of sp³-hybridized carbons (Fsp3) is 0.789. The summed E-state index contributed by atoms with van der Waals surface area (Å²) < 4.78 is 0. The van der Waals surface area contributed by atoms with Crippen molar-refractivity contribution in [2.24, 2.45) is 0 Å². The summed E-state index contributed by atoms with van der Waals surface area (Å²) in [6.07, 6.45) is 6.68. The van der Waals surface area contributed by atoms with Crippen molar-refractivity contribution in [3.8, 4) is 0 Å². The molecule has 1 aromatic rings. The zero-order valence-electron chi connectivity index (χ0n) is 16.2. The maximum atomic E-state index is 13.5. The first-order chi connectivity index (χ1) is 13.5. The second kappa shape index (κ2) is 7.69. The van der Waals surface area contributed by atoms with Crippen molar-refractivity contribution >= 4 is 11.8 Å². The zero-order chi connectivity index (χ0) is 19.7. The number of aliphatic hydroxyl groups is 1. The van der Waals surface area contributed by atoms with Crippen LogP contribution in [-0.4, -0.2) is 72.7 Å². The van der Waals surface area contributed by atoms with Crippen LogP contribution in [-0.2, 0) is 16.0 Å². The monoisotopic (exact) mass is 391 g/mol. The molecule has 9 heteroatoms. The molecule has 1 aliphatic carbocycles. The van der Waals surface area contributed by atoms with Crippen LogP contribution in [0, 0.1) is 0 Å². The van der Waals surface area contributed by atoms with Gasteiger partial charge in [-0.05, 0) is 51.4 Å². The average Bonchev–Trinajstić information content (AvgIpc) is 3.30. The van der Waals surface area contributed by atoms with Gasteiger partial charge in [-0.25, -0.2) is 9.89 Å². The highest BCUT2D eigenvalue weighted by molar-refractivity contribution is 5.93. The Morgan fingerprint density at radius 1 is 1.14 bits per heavy atom. The van der Waals surface area contributed by atoms with E-state index in [1.165, 1.54) is 0 Å². The molecular formula is C19H29N5O4. The third kappa shape index (κ3) is 3.47. The lowest BCUT2D eigenvalue weighted by Gasteiger charge is -2.48. The van der Waals surface area contributed by atoms with E-state index in [-0.39, 0.29) is 36.1 Å². The summed E-state index contributed by atoms with van der Waals surface area (Å²) >= 11 is 0. The highest BCUT2D eigenvalue weighted by atomic mass is 16.3. The molecule has 1 atom stereocenters.